The van der Waals surface area contributed by atoms with E-state index in [2.05, 4.69) is 11.3 Å². The highest BCUT2D eigenvalue weighted by molar-refractivity contribution is 5.75. The molecule has 0 saturated carbocycles. The molecule has 0 aromatic heterocycles. The summed E-state index contributed by atoms with van der Waals surface area (Å²) in [5.41, 5.74) is 5.39. The molecule has 0 aliphatic heterocycles. The number of carbonyl (C=O) groups is 1. The topological polar surface area (TPSA) is 52.3 Å². The summed E-state index contributed by atoms with van der Waals surface area (Å²) in [5, 5.41) is 0. The summed E-state index contributed by atoms with van der Waals surface area (Å²) in [7, 11) is 1.33. The standard InChI is InChI=1S/C7H13NO2/c1-3-4-5-6(8)7(9)10-2/h3,6H,1,4-5,8H2,2H3/t6-/m0/s1. The van der Waals surface area contributed by atoms with Gasteiger partial charge in [-0.25, -0.2) is 0 Å². The Labute approximate surface area is 60.9 Å². The van der Waals surface area contributed by atoms with Gasteiger partial charge in [0.1, 0.15) is 6.04 Å². The van der Waals surface area contributed by atoms with E-state index in [1.165, 1.54) is 7.11 Å². The molecule has 0 fully saturated rings. The Bertz CT molecular complexity index is 123. The molecule has 10 heavy (non-hydrogen) atoms. The molecule has 1 atom stereocenters. The zero-order chi connectivity index (χ0) is 7.98. The highest BCUT2D eigenvalue weighted by atomic mass is 16.5. The molecular weight excluding hydrogens is 130 g/mol. The minimum atomic E-state index is -0.497. The number of hydrogen-bond acceptors (Lipinski definition) is 3. The second-order valence-electron chi connectivity index (χ2n) is 2.00. The van der Waals surface area contributed by atoms with E-state index in [9.17, 15) is 4.79 Å². The van der Waals surface area contributed by atoms with Crippen LogP contribution in [-0.4, -0.2) is 19.1 Å². The van der Waals surface area contributed by atoms with Gasteiger partial charge in [0, 0.05) is 0 Å². The monoisotopic (exact) mass is 143 g/mol. The van der Waals surface area contributed by atoms with E-state index >= 15 is 0 Å². The molecule has 0 heterocycles. The number of allylic oxidation sites excluding steroid dienone is 1. The van der Waals surface area contributed by atoms with Gasteiger partial charge in [-0.3, -0.25) is 4.79 Å². The van der Waals surface area contributed by atoms with Crippen LogP contribution in [0.2, 0.25) is 0 Å². The van der Waals surface area contributed by atoms with E-state index in [0.717, 1.165) is 6.42 Å². The Balaban J connectivity index is 3.50. The molecule has 2 N–H and O–H groups in total. The zero-order valence-electron chi connectivity index (χ0n) is 6.17. The lowest BCUT2D eigenvalue weighted by atomic mass is 10.2. The van der Waals surface area contributed by atoms with Crippen molar-refractivity contribution in [2.45, 2.75) is 18.9 Å². The van der Waals surface area contributed by atoms with Gasteiger partial charge in [-0.15, -0.1) is 6.58 Å². The molecule has 0 aromatic carbocycles. The third-order valence-electron chi connectivity index (χ3n) is 1.19. The Kier molecular flexibility index (Phi) is 4.58. The number of carbonyl (C=O) groups excluding carboxylic acids is 1. The van der Waals surface area contributed by atoms with Crippen LogP contribution in [0.4, 0.5) is 0 Å². The lowest BCUT2D eigenvalue weighted by Gasteiger charge is -2.05. The maximum Gasteiger partial charge on any atom is 0.322 e. The van der Waals surface area contributed by atoms with Crippen molar-refractivity contribution in [1.29, 1.82) is 0 Å². The van der Waals surface area contributed by atoms with Gasteiger partial charge in [0.2, 0.25) is 0 Å². The highest BCUT2D eigenvalue weighted by Crippen LogP contribution is 1.95. The van der Waals surface area contributed by atoms with E-state index in [4.69, 9.17) is 5.73 Å². The van der Waals surface area contributed by atoms with E-state index in [1.807, 2.05) is 0 Å². The van der Waals surface area contributed by atoms with Crippen molar-refractivity contribution in [2.75, 3.05) is 7.11 Å². The van der Waals surface area contributed by atoms with E-state index in [0.29, 0.717) is 6.42 Å². The fourth-order valence-electron chi connectivity index (χ4n) is 0.567. The number of nitrogens with two attached hydrogens (primary N) is 1. The number of rotatable bonds is 4. The van der Waals surface area contributed by atoms with Crippen LogP contribution in [0.15, 0.2) is 12.7 Å². The van der Waals surface area contributed by atoms with Crippen LogP contribution in [-0.2, 0) is 9.53 Å². The summed E-state index contributed by atoms with van der Waals surface area (Å²) in [6, 6.07) is -0.497. The van der Waals surface area contributed by atoms with E-state index in [-0.39, 0.29) is 5.97 Å². The van der Waals surface area contributed by atoms with E-state index < -0.39 is 6.04 Å². The number of ether oxygens (including phenoxy) is 1. The molecule has 0 spiro atoms. The molecule has 0 aliphatic rings. The van der Waals surface area contributed by atoms with Crippen LogP contribution >= 0.6 is 0 Å². The largest absolute Gasteiger partial charge is 0.468 e. The summed E-state index contributed by atoms with van der Waals surface area (Å²) in [6.45, 7) is 3.51. The van der Waals surface area contributed by atoms with Crippen molar-refractivity contribution in [3.05, 3.63) is 12.7 Å². The molecule has 0 saturated heterocycles. The molecule has 0 amide bonds. The van der Waals surface area contributed by atoms with Gasteiger partial charge in [-0.05, 0) is 12.8 Å². The Morgan fingerprint density at radius 3 is 2.90 bits per heavy atom. The quantitative estimate of drug-likeness (QED) is 0.459. The fraction of sp³-hybridized carbons (Fsp3) is 0.571. The SMILES string of the molecule is C=CCC[C@H](N)C(=O)OC. The van der Waals surface area contributed by atoms with Gasteiger partial charge < -0.3 is 10.5 Å². The summed E-state index contributed by atoms with van der Waals surface area (Å²) in [6.07, 6.45) is 3.08. The molecule has 0 aromatic rings. The first-order valence-corrected chi connectivity index (χ1v) is 3.16. The number of hydrogen-bond donors (Lipinski definition) is 1. The summed E-state index contributed by atoms with van der Waals surface area (Å²) in [4.78, 5) is 10.6. The first-order valence-electron chi connectivity index (χ1n) is 3.16. The first kappa shape index (κ1) is 9.17. The van der Waals surface area contributed by atoms with Crippen molar-refractivity contribution in [3.63, 3.8) is 0 Å². The average Bonchev–Trinajstić information content (AvgIpc) is 1.98. The van der Waals surface area contributed by atoms with Gasteiger partial charge in [-0.2, -0.15) is 0 Å². The van der Waals surface area contributed by atoms with Gasteiger partial charge in [0.15, 0.2) is 0 Å². The Hall–Kier alpha value is -0.830. The zero-order valence-corrected chi connectivity index (χ0v) is 6.17. The molecule has 0 aliphatic carbocycles. The summed E-state index contributed by atoms with van der Waals surface area (Å²) >= 11 is 0. The minimum Gasteiger partial charge on any atom is -0.468 e. The highest BCUT2D eigenvalue weighted by Gasteiger charge is 2.11. The molecule has 0 rings (SSSR count). The van der Waals surface area contributed by atoms with Gasteiger partial charge in [0.25, 0.3) is 0 Å². The van der Waals surface area contributed by atoms with Crippen molar-refractivity contribution < 1.29 is 9.53 Å². The van der Waals surface area contributed by atoms with Gasteiger partial charge >= 0.3 is 5.97 Å². The van der Waals surface area contributed by atoms with Crippen LogP contribution < -0.4 is 5.73 Å². The molecule has 0 bridgehead atoms. The summed E-state index contributed by atoms with van der Waals surface area (Å²) in [5.74, 6) is -0.359. The van der Waals surface area contributed by atoms with Crippen molar-refractivity contribution in [2.24, 2.45) is 5.73 Å². The Morgan fingerprint density at radius 1 is 1.90 bits per heavy atom. The molecule has 0 unspecified atom stereocenters. The molecule has 58 valence electrons. The van der Waals surface area contributed by atoms with Crippen LogP contribution in [0.25, 0.3) is 0 Å². The fourth-order valence-corrected chi connectivity index (χ4v) is 0.567. The summed E-state index contributed by atoms with van der Waals surface area (Å²) < 4.78 is 4.41. The van der Waals surface area contributed by atoms with Gasteiger partial charge in [-0.1, -0.05) is 6.08 Å². The molecular formula is C7H13NO2. The van der Waals surface area contributed by atoms with E-state index in [1.54, 1.807) is 6.08 Å². The third kappa shape index (κ3) is 3.25. The van der Waals surface area contributed by atoms with Crippen molar-refractivity contribution >= 4 is 5.97 Å². The molecule has 3 nitrogen and oxygen atoms in total. The maximum absolute atomic E-state index is 10.6. The van der Waals surface area contributed by atoms with Crippen LogP contribution in [0.5, 0.6) is 0 Å². The van der Waals surface area contributed by atoms with Crippen molar-refractivity contribution in [1.82, 2.24) is 0 Å². The minimum absolute atomic E-state index is 0.359. The number of methoxy groups -OCH3 is 1. The van der Waals surface area contributed by atoms with Crippen LogP contribution in [0.3, 0.4) is 0 Å². The Morgan fingerprint density at radius 2 is 2.50 bits per heavy atom. The predicted molar refractivity (Wildman–Crippen MR) is 39.4 cm³/mol. The normalized spacial score (nSPS) is 12.2. The van der Waals surface area contributed by atoms with Gasteiger partial charge in [0.05, 0.1) is 7.11 Å². The maximum atomic E-state index is 10.6. The third-order valence-corrected chi connectivity index (χ3v) is 1.19. The average molecular weight is 143 g/mol. The predicted octanol–water partition coefficient (Wildman–Crippen LogP) is 0.453. The molecule has 3 heteroatoms. The van der Waals surface area contributed by atoms with Crippen molar-refractivity contribution in [3.8, 4) is 0 Å². The lowest BCUT2D eigenvalue weighted by Crippen LogP contribution is -2.31. The first-order chi connectivity index (χ1) is 4.72. The second kappa shape index (κ2) is 4.99. The molecule has 0 radical (unpaired) electrons. The second-order valence-corrected chi connectivity index (χ2v) is 2.00. The van der Waals surface area contributed by atoms with Crippen LogP contribution in [0.1, 0.15) is 12.8 Å². The number of esters is 1. The lowest BCUT2D eigenvalue weighted by molar-refractivity contribution is -0.142. The smallest absolute Gasteiger partial charge is 0.322 e. The van der Waals surface area contributed by atoms with Crippen LogP contribution in [0, 0.1) is 0 Å².